The third kappa shape index (κ3) is 9.50. The lowest BCUT2D eigenvalue weighted by Crippen LogP contribution is -2.38. The lowest BCUT2D eigenvalue weighted by molar-refractivity contribution is -0.154. The van der Waals surface area contributed by atoms with Gasteiger partial charge in [-0.15, -0.1) is 23.2 Å². The number of anilines is 1. The summed E-state index contributed by atoms with van der Waals surface area (Å²) in [7, 11) is 1.30. The second kappa shape index (κ2) is 14.7. The second-order valence-electron chi connectivity index (χ2n) is 11.2. The van der Waals surface area contributed by atoms with E-state index >= 15 is 0 Å². The van der Waals surface area contributed by atoms with E-state index in [9.17, 15) is 19.2 Å². The molecule has 11 heteroatoms. The minimum atomic E-state index is -1.05. The number of hydrogen-bond donors (Lipinski definition) is 1. The van der Waals surface area contributed by atoms with Crippen molar-refractivity contribution in [2.24, 2.45) is 5.41 Å². The molecule has 0 spiro atoms. The zero-order chi connectivity index (χ0) is 31.0. The molecular weight excluding hydrogens is 571 g/mol. The van der Waals surface area contributed by atoms with Gasteiger partial charge in [-0.05, 0) is 52.0 Å². The SMILES string of the molecule is COC1=C(NCCC(=O)OC(C)(C)C)C(=O)C(C(C)(C)CC(=O)Oc2ccc(N(CCCl)CCCl)cc2)=C(C)C1=O. The molecule has 41 heavy (non-hydrogen) atoms. The topological polar surface area (TPSA) is 111 Å². The molecule has 0 radical (unpaired) electrons. The van der Waals surface area contributed by atoms with Crippen LogP contribution in [-0.4, -0.2) is 67.6 Å². The van der Waals surface area contributed by atoms with E-state index in [1.807, 2.05) is 17.0 Å². The number of esters is 2. The van der Waals surface area contributed by atoms with Gasteiger partial charge in [-0.3, -0.25) is 19.2 Å². The van der Waals surface area contributed by atoms with E-state index in [4.69, 9.17) is 37.4 Å². The molecule has 0 aliphatic heterocycles. The van der Waals surface area contributed by atoms with Crippen LogP contribution in [0.3, 0.4) is 0 Å². The van der Waals surface area contributed by atoms with Crippen LogP contribution in [-0.2, 0) is 28.7 Å². The largest absolute Gasteiger partial charge is 0.491 e. The molecule has 0 atom stereocenters. The van der Waals surface area contributed by atoms with Crippen molar-refractivity contribution in [3.8, 4) is 5.75 Å². The first-order valence-electron chi connectivity index (χ1n) is 13.4. The summed E-state index contributed by atoms with van der Waals surface area (Å²) < 4.78 is 16.1. The van der Waals surface area contributed by atoms with Crippen LogP contribution < -0.4 is 15.0 Å². The van der Waals surface area contributed by atoms with E-state index in [0.717, 1.165) is 5.69 Å². The Morgan fingerprint density at radius 3 is 2.02 bits per heavy atom. The van der Waals surface area contributed by atoms with Gasteiger partial charge in [0.1, 0.15) is 17.0 Å². The Bertz CT molecular complexity index is 1190. The number of rotatable bonds is 14. The standard InChI is InChI=1S/C30H40Cl2N2O7/c1-19-24(27(38)25(28(39-7)26(19)37)33-15-12-22(35)41-29(2,3)4)30(5,6)18-23(36)40-21-10-8-20(9-11-21)34(16-13-31)17-14-32/h8-11,33H,12-18H2,1-7H3. The number of halogens is 2. The van der Waals surface area contributed by atoms with Crippen LogP contribution in [0.1, 0.15) is 54.4 Å². The number of nitrogens with one attached hydrogen (secondary N) is 1. The lowest BCUT2D eigenvalue weighted by Gasteiger charge is -2.32. The van der Waals surface area contributed by atoms with E-state index in [1.54, 1.807) is 46.8 Å². The number of methoxy groups -OCH3 is 1. The molecule has 9 nitrogen and oxygen atoms in total. The van der Waals surface area contributed by atoms with Crippen molar-refractivity contribution in [3.05, 3.63) is 46.9 Å². The molecule has 0 saturated heterocycles. The Morgan fingerprint density at radius 1 is 0.927 bits per heavy atom. The smallest absolute Gasteiger partial charge is 0.312 e. The van der Waals surface area contributed by atoms with Gasteiger partial charge >= 0.3 is 11.9 Å². The number of ether oxygens (including phenoxy) is 3. The normalized spacial score (nSPS) is 14.3. The van der Waals surface area contributed by atoms with E-state index in [0.29, 0.717) is 30.6 Å². The zero-order valence-electron chi connectivity index (χ0n) is 24.8. The highest BCUT2D eigenvalue weighted by molar-refractivity contribution is 6.24. The fraction of sp³-hybridized carbons (Fsp3) is 0.533. The molecule has 0 saturated carbocycles. The van der Waals surface area contributed by atoms with Gasteiger partial charge in [-0.25, -0.2) is 0 Å². The van der Waals surface area contributed by atoms with Gasteiger partial charge in [0, 0.05) is 53.6 Å². The third-order valence-electron chi connectivity index (χ3n) is 6.26. The van der Waals surface area contributed by atoms with Gasteiger partial charge in [-0.1, -0.05) is 13.8 Å². The quantitative estimate of drug-likeness (QED) is 0.135. The molecule has 0 heterocycles. The highest BCUT2D eigenvalue weighted by Gasteiger charge is 2.42. The number of benzene rings is 1. The van der Waals surface area contributed by atoms with Gasteiger partial charge in [0.2, 0.25) is 11.6 Å². The molecule has 0 unspecified atom stereocenters. The highest BCUT2D eigenvalue weighted by Crippen LogP contribution is 2.39. The first-order valence-corrected chi connectivity index (χ1v) is 14.4. The Hall–Kier alpha value is -3.04. The fourth-order valence-electron chi connectivity index (χ4n) is 4.56. The van der Waals surface area contributed by atoms with Crippen molar-refractivity contribution in [2.75, 3.05) is 43.4 Å². The van der Waals surface area contributed by atoms with E-state index in [2.05, 4.69) is 5.32 Å². The Balaban J connectivity index is 2.16. The number of carbonyl (C=O) groups excluding carboxylic acids is 4. The second-order valence-corrected chi connectivity index (χ2v) is 12.0. The number of allylic oxidation sites excluding steroid dienone is 2. The van der Waals surface area contributed by atoms with Crippen molar-refractivity contribution in [2.45, 2.75) is 60.0 Å². The van der Waals surface area contributed by atoms with Crippen LogP contribution in [0.25, 0.3) is 0 Å². The van der Waals surface area contributed by atoms with E-state index < -0.39 is 34.5 Å². The molecule has 1 N–H and O–H groups in total. The number of nitrogens with zero attached hydrogens (tertiary/aromatic N) is 1. The van der Waals surface area contributed by atoms with Gasteiger partial charge in [0.05, 0.1) is 20.0 Å². The Morgan fingerprint density at radius 2 is 1.51 bits per heavy atom. The Kier molecular flexibility index (Phi) is 12.3. The molecule has 0 amide bonds. The van der Waals surface area contributed by atoms with Crippen molar-refractivity contribution < 1.29 is 33.4 Å². The molecule has 226 valence electrons. The maximum Gasteiger partial charge on any atom is 0.312 e. The van der Waals surface area contributed by atoms with Crippen molar-refractivity contribution in [1.29, 1.82) is 0 Å². The van der Waals surface area contributed by atoms with Crippen molar-refractivity contribution in [3.63, 3.8) is 0 Å². The fourth-order valence-corrected chi connectivity index (χ4v) is 4.97. The average Bonchev–Trinajstić information content (AvgIpc) is 2.86. The monoisotopic (exact) mass is 610 g/mol. The molecular formula is C30H40Cl2N2O7. The molecule has 0 bridgehead atoms. The van der Waals surface area contributed by atoms with Gasteiger partial charge < -0.3 is 24.4 Å². The summed E-state index contributed by atoms with van der Waals surface area (Å²) in [4.78, 5) is 53.9. The predicted molar refractivity (Wildman–Crippen MR) is 159 cm³/mol. The molecule has 1 aromatic carbocycles. The maximum atomic E-state index is 13.6. The minimum Gasteiger partial charge on any atom is -0.491 e. The number of carbonyl (C=O) groups is 4. The van der Waals surface area contributed by atoms with Gasteiger partial charge in [0.15, 0.2) is 5.76 Å². The summed E-state index contributed by atoms with van der Waals surface area (Å²) in [6.07, 6.45) is -0.195. The third-order valence-corrected chi connectivity index (χ3v) is 6.60. The molecule has 2 rings (SSSR count). The van der Waals surface area contributed by atoms with Crippen LogP contribution in [0.2, 0.25) is 0 Å². The number of Topliss-reactive ketones (excluding diaryl/α,β-unsaturated/α-hetero) is 2. The first-order chi connectivity index (χ1) is 19.1. The molecule has 0 fully saturated rings. The summed E-state index contributed by atoms with van der Waals surface area (Å²) in [6, 6.07) is 6.98. The Labute approximate surface area is 252 Å². The minimum absolute atomic E-state index is 0.0265. The van der Waals surface area contributed by atoms with Crippen LogP contribution in [0.15, 0.2) is 46.9 Å². The van der Waals surface area contributed by atoms with Crippen molar-refractivity contribution >= 4 is 52.4 Å². The summed E-state index contributed by atoms with van der Waals surface area (Å²) in [5.41, 5.74) is -0.503. The van der Waals surface area contributed by atoms with Crippen LogP contribution in [0.4, 0.5) is 5.69 Å². The van der Waals surface area contributed by atoms with Crippen LogP contribution in [0, 0.1) is 5.41 Å². The summed E-state index contributed by atoms with van der Waals surface area (Å²) in [6.45, 7) is 11.5. The van der Waals surface area contributed by atoms with E-state index in [1.165, 1.54) is 14.0 Å². The van der Waals surface area contributed by atoms with E-state index in [-0.39, 0.29) is 42.0 Å². The maximum absolute atomic E-state index is 13.6. The average molecular weight is 612 g/mol. The first kappa shape index (κ1) is 34.2. The van der Waals surface area contributed by atoms with Gasteiger partial charge in [-0.2, -0.15) is 0 Å². The highest BCUT2D eigenvalue weighted by atomic mass is 35.5. The summed E-state index contributed by atoms with van der Waals surface area (Å²) in [5, 5.41) is 2.88. The van der Waals surface area contributed by atoms with Gasteiger partial charge in [0.25, 0.3) is 0 Å². The predicted octanol–water partition coefficient (Wildman–Crippen LogP) is 4.94. The van der Waals surface area contributed by atoms with Crippen LogP contribution >= 0.6 is 23.2 Å². The molecule has 1 aliphatic carbocycles. The summed E-state index contributed by atoms with van der Waals surface area (Å²) in [5.74, 6) is -0.884. The molecule has 1 aromatic rings. The molecule has 0 aromatic heterocycles. The number of alkyl halides is 2. The number of ketones is 2. The number of hydrogen-bond acceptors (Lipinski definition) is 9. The van der Waals surface area contributed by atoms with Crippen LogP contribution in [0.5, 0.6) is 5.75 Å². The summed E-state index contributed by atoms with van der Waals surface area (Å²) >= 11 is 11.8. The zero-order valence-corrected chi connectivity index (χ0v) is 26.3. The lowest BCUT2D eigenvalue weighted by atomic mass is 9.73. The van der Waals surface area contributed by atoms with Crippen molar-refractivity contribution in [1.82, 2.24) is 5.32 Å². The molecule has 1 aliphatic rings.